The van der Waals surface area contributed by atoms with Crippen molar-refractivity contribution >= 4 is 17.3 Å². The first-order chi connectivity index (χ1) is 6.25. The van der Waals surface area contributed by atoms with E-state index in [0.29, 0.717) is 16.5 Å². The Morgan fingerprint density at radius 1 is 1.31 bits per heavy atom. The van der Waals surface area contributed by atoms with Crippen molar-refractivity contribution in [2.24, 2.45) is 0 Å². The van der Waals surface area contributed by atoms with Crippen molar-refractivity contribution in [2.45, 2.75) is 0 Å². The second-order valence-corrected chi connectivity index (χ2v) is 3.04. The molecule has 0 spiro atoms. The van der Waals surface area contributed by atoms with Gasteiger partial charge in [-0.2, -0.15) is 5.10 Å². The van der Waals surface area contributed by atoms with Gasteiger partial charge in [-0.3, -0.25) is 5.10 Å². The summed E-state index contributed by atoms with van der Waals surface area (Å²) in [5, 5.41) is 7.06. The van der Waals surface area contributed by atoms with E-state index >= 15 is 0 Å². The third-order valence-corrected chi connectivity index (χ3v) is 1.83. The Morgan fingerprint density at radius 3 is 2.77 bits per heavy atom. The fourth-order valence-corrected chi connectivity index (χ4v) is 1.34. The van der Waals surface area contributed by atoms with E-state index in [4.69, 9.17) is 17.3 Å². The molecule has 4 nitrogen and oxygen atoms in total. The second-order valence-electron chi connectivity index (χ2n) is 2.61. The molecule has 13 heavy (non-hydrogen) atoms. The fraction of sp³-hybridized carbons (Fsp3) is 0. The van der Waals surface area contributed by atoms with Gasteiger partial charge >= 0.3 is 0 Å². The lowest BCUT2D eigenvalue weighted by atomic mass is 10.2. The Morgan fingerprint density at radius 2 is 2.15 bits per heavy atom. The quantitative estimate of drug-likeness (QED) is 0.679. The van der Waals surface area contributed by atoms with Crippen molar-refractivity contribution in [2.75, 3.05) is 5.73 Å². The number of nitrogen functional groups attached to an aromatic ring is 1. The van der Waals surface area contributed by atoms with Crippen LogP contribution in [-0.2, 0) is 0 Å². The van der Waals surface area contributed by atoms with Crippen molar-refractivity contribution in [3.05, 3.63) is 29.5 Å². The summed E-state index contributed by atoms with van der Waals surface area (Å²) < 4.78 is 0. The molecule has 1 aromatic carbocycles. The zero-order valence-corrected chi connectivity index (χ0v) is 7.42. The van der Waals surface area contributed by atoms with Crippen molar-refractivity contribution in [3.63, 3.8) is 0 Å². The van der Waals surface area contributed by atoms with Gasteiger partial charge in [-0.15, -0.1) is 0 Å². The van der Waals surface area contributed by atoms with Crippen LogP contribution in [0.2, 0.25) is 5.02 Å². The number of rotatable bonds is 1. The summed E-state index contributed by atoms with van der Waals surface area (Å²) in [7, 11) is 0. The third-order valence-electron chi connectivity index (χ3n) is 1.61. The molecule has 5 heteroatoms. The highest BCUT2D eigenvalue weighted by molar-refractivity contribution is 6.31. The van der Waals surface area contributed by atoms with Crippen molar-refractivity contribution in [1.82, 2.24) is 15.2 Å². The van der Waals surface area contributed by atoms with E-state index in [1.807, 2.05) is 0 Å². The zero-order chi connectivity index (χ0) is 9.26. The second kappa shape index (κ2) is 3.06. The van der Waals surface area contributed by atoms with Crippen LogP contribution in [0.1, 0.15) is 0 Å². The maximum absolute atomic E-state index is 5.82. The van der Waals surface area contributed by atoms with E-state index in [1.54, 1.807) is 18.2 Å². The topological polar surface area (TPSA) is 67.6 Å². The summed E-state index contributed by atoms with van der Waals surface area (Å²) in [6.45, 7) is 0. The highest BCUT2D eigenvalue weighted by Gasteiger charge is 2.02. The van der Waals surface area contributed by atoms with Crippen LogP contribution < -0.4 is 5.73 Å². The molecule has 0 atom stereocenters. The van der Waals surface area contributed by atoms with E-state index in [2.05, 4.69) is 15.2 Å². The molecule has 0 aliphatic heterocycles. The average molecular weight is 195 g/mol. The molecular weight excluding hydrogens is 188 g/mol. The first kappa shape index (κ1) is 8.07. The van der Waals surface area contributed by atoms with Crippen LogP contribution in [-0.4, -0.2) is 15.2 Å². The molecule has 1 aromatic heterocycles. The van der Waals surface area contributed by atoms with Crippen molar-refractivity contribution < 1.29 is 0 Å². The molecule has 0 saturated heterocycles. The van der Waals surface area contributed by atoms with Gasteiger partial charge in [-0.05, 0) is 18.2 Å². The minimum absolute atomic E-state index is 0.589. The standard InChI is InChI=1S/C8H7ClN4/c9-6-1-5(2-7(10)3-6)8-11-4-12-13-8/h1-4H,10H2,(H,11,12,13). The van der Waals surface area contributed by atoms with Gasteiger partial charge in [0.2, 0.25) is 0 Å². The Balaban J connectivity index is 2.53. The molecule has 2 aromatic rings. The van der Waals surface area contributed by atoms with E-state index in [1.165, 1.54) is 6.33 Å². The van der Waals surface area contributed by atoms with Crippen LogP contribution in [0.5, 0.6) is 0 Å². The highest BCUT2D eigenvalue weighted by atomic mass is 35.5. The van der Waals surface area contributed by atoms with Crippen molar-refractivity contribution in [3.8, 4) is 11.4 Å². The number of nitrogens with two attached hydrogens (primary N) is 1. The Bertz CT molecular complexity index is 390. The molecule has 0 aliphatic rings. The van der Waals surface area contributed by atoms with Gasteiger partial charge < -0.3 is 5.73 Å². The number of benzene rings is 1. The smallest absolute Gasteiger partial charge is 0.155 e. The summed E-state index contributed by atoms with van der Waals surface area (Å²) in [5.41, 5.74) is 7.06. The number of H-pyrrole nitrogens is 1. The number of hydrogen-bond acceptors (Lipinski definition) is 3. The molecule has 66 valence electrons. The van der Waals surface area contributed by atoms with Gasteiger partial charge in [0, 0.05) is 16.3 Å². The van der Waals surface area contributed by atoms with E-state index < -0.39 is 0 Å². The van der Waals surface area contributed by atoms with Crippen molar-refractivity contribution in [1.29, 1.82) is 0 Å². The molecule has 0 fully saturated rings. The van der Waals surface area contributed by atoms with Gasteiger partial charge in [0.25, 0.3) is 0 Å². The summed E-state index contributed by atoms with van der Waals surface area (Å²) >= 11 is 5.82. The minimum Gasteiger partial charge on any atom is -0.399 e. The molecule has 0 aliphatic carbocycles. The summed E-state index contributed by atoms with van der Waals surface area (Å²) in [6.07, 6.45) is 1.44. The molecule has 0 unspecified atom stereocenters. The maximum atomic E-state index is 5.82. The van der Waals surface area contributed by atoms with Crippen LogP contribution in [0.3, 0.4) is 0 Å². The lowest BCUT2D eigenvalue weighted by molar-refractivity contribution is 1.10. The number of nitrogens with one attached hydrogen (secondary N) is 1. The zero-order valence-electron chi connectivity index (χ0n) is 6.66. The van der Waals surface area contributed by atoms with Gasteiger partial charge in [0.1, 0.15) is 6.33 Å². The normalized spacial score (nSPS) is 10.2. The lowest BCUT2D eigenvalue weighted by Crippen LogP contribution is -1.87. The Hall–Kier alpha value is -1.55. The van der Waals surface area contributed by atoms with Crippen LogP contribution in [0.15, 0.2) is 24.5 Å². The molecule has 0 bridgehead atoms. The van der Waals surface area contributed by atoms with Crippen LogP contribution in [0.4, 0.5) is 5.69 Å². The Labute approximate surface area is 79.7 Å². The maximum Gasteiger partial charge on any atom is 0.155 e. The lowest BCUT2D eigenvalue weighted by Gasteiger charge is -1.99. The van der Waals surface area contributed by atoms with Crippen LogP contribution in [0.25, 0.3) is 11.4 Å². The summed E-state index contributed by atoms with van der Waals surface area (Å²) in [4.78, 5) is 3.99. The SMILES string of the molecule is Nc1cc(Cl)cc(-c2ncn[nH]2)c1. The predicted octanol–water partition coefficient (Wildman–Crippen LogP) is 1.71. The molecule has 3 N–H and O–H groups in total. The minimum atomic E-state index is 0.589. The molecule has 0 saturated carbocycles. The van der Waals surface area contributed by atoms with E-state index in [0.717, 1.165) is 5.56 Å². The van der Waals surface area contributed by atoms with E-state index in [-0.39, 0.29) is 0 Å². The third kappa shape index (κ3) is 1.62. The molecule has 2 rings (SSSR count). The van der Waals surface area contributed by atoms with Gasteiger partial charge in [0.05, 0.1) is 0 Å². The van der Waals surface area contributed by atoms with Crippen LogP contribution >= 0.6 is 11.6 Å². The van der Waals surface area contributed by atoms with Gasteiger partial charge in [-0.25, -0.2) is 4.98 Å². The fourth-order valence-electron chi connectivity index (χ4n) is 1.09. The number of aromatic amines is 1. The number of hydrogen-bond donors (Lipinski definition) is 2. The molecular formula is C8H7ClN4. The first-order valence-electron chi connectivity index (χ1n) is 3.67. The molecule has 0 radical (unpaired) electrons. The molecule has 0 amide bonds. The van der Waals surface area contributed by atoms with Crippen LogP contribution in [0, 0.1) is 0 Å². The van der Waals surface area contributed by atoms with E-state index in [9.17, 15) is 0 Å². The summed E-state index contributed by atoms with van der Waals surface area (Å²) in [5.74, 6) is 0.661. The van der Waals surface area contributed by atoms with Gasteiger partial charge in [-0.1, -0.05) is 11.6 Å². The predicted molar refractivity (Wildman–Crippen MR) is 51.2 cm³/mol. The molecule has 1 heterocycles. The first-order valence-corrected chi connectivity index (χ1v) is 4.05. The number of halogens is 1. The summed E-state index contributed by atoms with van der Waals surface area (Å²) in [6, 6.07) is 5.24. The Kier molecular flexibility index (Phi) is 1.90. The van der Waals surface area contributed by atoms with Gasteiger partial charge in [0.15, 0.2) is 5.82 Å². The monoisotopic (exact) mass is 194 g/mol. The number of aromatic nitrogens is 3. The number of anilines is 1. The number of nitrogens with zero attached hydrogens (tertiary/aromatic N) is 2. The highest BCUT2D eigenvalue weighted by Crippen LogP contribution is 2.22. The largest absolute Gasteiger partial charge is 0.399 e. The average Bonchev–Trinajstić information content (AvgIpc) is 2.53.